The van der Waals surface area contributed by atoms with Crippen molar-refractivity contribution in [2.75, 3.05) is 13.1 Å². The third kappa shape index (κ3) is 6.21. The predicted octanol–water partition coefficient (Wildman–Crippen LogP) is 4.15. The van der Waals surface area contributed by atoms with E-state index in [0.29, 0.717) is 24.0 Å². The molecule has 0 aromatic heterocycles. The molecule has 0 aromatic carbocycles. The lowest BCUT2D eigenvalue weighted by atomic mass is 9.76. The Morgan fingerprint density at radius 1 is 1.12 bits per heavy atom. The van der Waals surface area contributed by atoms with Gasteiger partial charge in [-0.05, 0) is 69.9 Å². The lowest BCUT2D eigenvalue weighted by molar-refractivity contribution is -0.137. The van der Waals surface area contributed by atoms with Crippen LogP contribution in [-0.4, -0.2) is 36.4 Å². The van der Waals surface area contributed by atoms with E-state index in [2.05, 4.69) is 24.4 Å². The molecule has 2 N–H and O–H groups in total. The van der Waals surface area contributed by atoms with Crippen LogP contribution in [0.3, 0.4) is 0 Å². The molecule has 4 nitrogen and oxygen atoms in total. The Labute approximate surface area is 147 Å². The third-order valence-electron chi connectivity index (χ3n) is 5.54. The molecule has 24 heavy (non-hydrogen) atoms. The van der Waals surface area contributed by atoms with Gasteiger partial charge in [0.15, 0.2) is 0 Å². The summed E-state index contributed by atoms with van der Waals surface area (Å²) in [5.74, 6) is 0.666. The fourth-order valence-electron chi connectivity index (χ4n) is 4.23. The number of nitrogens with one attached hydrogen (secondary N) is 1. The minimum Gasteiger partial charge on any atom is -0.481 e. The van der Waals surface area contributed by atoms with Crippen molar-refractivity contribution >= 4 is 5.97 Å². The first-order valence-electron chi connectivity index (χ1n) is 9.95. The normalized spacial score (nSPS) is 28.9. The minimum absolute atomic E-state index is 0.272. The molecule has 2 rings (SSSR count). The number of aliphatic carboxylic acids is 1. The zero-order valence-corrected chi connectivity index (χ0v) is 15.2. The van der Waals surface area contributed by atoms with Crippen LogP contribution >= 0.6 is 0 Å². The minimum atomic E-state index is -0.698. The topological polar surface area (TPSA) is 58.6 Å². The molecule has 4 atom stereocenters. The highest BCUT2D eigenvalue weighted by Crippen LogP contribution is 2.46. The Morgan fingerprint density at radius 2 is 1.92 bits per heavy atom. The molecule has 0 aromatic rings. The van der Waals surface area contributed by atoms with Gasteiger partial charge in [-0.1, -0.05) is 31.9 Å². The van der Waals surface area contributed by atoms with E-state index in [1.807, 2.05) is 0 Å². The van der Waals surface area contributed by atoms with E-state index >= 15 is 0 Å². The molecule has 2 fully saturated rings. The van der Waals surface area contributed by atoms with E-state index < -0.39 is 5.97 Å². The Balaban J connectivity index is 1.65. The van der Waals surface area contributed by atoms with E-state index in [1.165, 1.54) is 38.5 Å². The van der Waals surface area contributed by atoms with Gasteiger partial charge in [0.2, 0.25) is 0 Å². The summed E-state index contributed by atoms with van der Waals surface area (Å²) in [5.41, 5.74) is 0. The number of hydrogen-bond acceptors (Lipinski definition) is 3. The standard InChI is InChI=1S/C20H35NO3/c1-2-3-8-14-21-15-13-17-16(18-11-12-19(17)24-18)9-6-4-5-7-10-20(22)23/h4,6,16-19,21H,2-3,5,7-15H2,1H3,(H,22,23)/b6-4+. The van der Waals surface area contributed by atoms with Crippen LogP contribution in [0.4, 0.5) is 0 Å². The fourth-order valence-corrected chi connectivity index (χ4v) is 4.23. The molecule has 4 unspecified atom stereocenters. The molecule has 138 valence electrons. The molecule has 0 amide bonds. The second-order valence-electron chi connectivity index (χ2n) is 7.36. The van der Waals surface area contributed by atoms with Gasteiger partial charge in [-0.2, -0.15) is 0 Å². The number of rotatable bonds is 13. The van der Waals surface area contributed by atoms with Crippen LogP contribution in [0.1, 0.15) is 71.1 Å². The van der Waals surface area contributed by atoms with Crippen molar-refractivity contribution in [3.05, 3.63) is 12.2 Å². The first-order chi connectivity index (χ1) is 11.7. The summed E-state index contributed by atoms with van der Waals surface area (Å²) < 4.78 is 6.16. The van der Waals surface area contributed by atoms with Crippen LogP contribution in [0.2, 0.25) is 0 Å². The average Bonchev–Trinajstić information content (AvgIpc) is 3.15. The molecule has 2 heterocycles. The summed E-state index contributed by atoms with van der Waals surface area (Å²) in [6, 6.07) is 0. The highest BCUT2D eigenvalue weighted by Gasteiger charge is 2.47. The van der Waals surface area contributed by atoms with Gasteiger partial charge in [0.25, 0.3) is 0 Å². The summed E-state index contributed by atoms with van der Waals surface area (Å²) in [6.45, 7) is 4.50. The molecule has 2 saturated heterocycles. The van der Waals surface area contributed by atoms with Crippen molar-refractivity contribution in [1.82, 2.24) is 5.32 Å². The van der Waals surface area contributed by atoms with Crippen molar-refractivity contribution in [1.29, 1.82) is 0 Å². The maximum absolute atomic E-state index is 10.5. The molecule has 2 aliphatic heterocycles. The van der Waals surface area contributed by atoms with Gasteiger partial charge >= 0.3 is 5.97 Å². The van der Waals surface area contributed by atoms with Crippen molar-refractivity contribution in [2.45, 2.75) is 83.3 Å². The third-order valence-corrected chi connectivity index (χ3v) is 5.54. The predicted molar refractivity (Wildman–Crippen MR) is 97.1 cm³/mol. The van der Waals surface area contributed by atoms with Crippen molar-refractivity contribution in [3.63, 3.8) is 0 Å². The number of carboxylic acid groups (broad SMARTS) is 1. The second kappa shape index (κ2) is 10.9. The van der Waals surface area contributed by atoms with Gasteiger partial charge in [0, 0.05) is 6.42 Å². The van der Waals surface area contributed by atoms with Crippen molar-refractivity contribution < 1.29 is 14.6 Å². The Morgan fingerprint density at radius 3 is 2.67 bits per heavy atom. The molecule has 4 heteroatoms. The summed E-state index contributed by atoms with van der Waals surface area (Å²) in [5, 5.41) is 12.2. The van der Waals surface area contributed by atoms with Crippen LogP contribution in [0, 0.1) is 11.8 Å². The van der Waals surface area contributed by atoms with Crippen LogP contribution < -0.4 is 5.32 Å². The first-order valence-corrected chi connectivity index (χ1v) is 9.95. The number of ether oxygens (including phenoxy) is 1. The quantitative estimate of drug-likeness (QED) is 0.391. The van der Waals surface area contributed by atoms with E-state index in [9.17, 15) is 4.79 Å². The summed E-state index contributed by atoms with van der Waals surface area (Å²) in [6.07, 6.45) is 15.9. The smallest absolute Gasteiger partial charge is 0.303 e. The van der Waals surface area contributed by atoms with Crippen LogP contribution in [-0.2, 0) is 9.53 Å². The first kappa shape index (κ1) is 19.5. The Bertz CT molecular complexity index is 396. The van der Waals surface area contributed by atoms with Crippen molar-refractivity contribution in [3.8, 4) is 0 Å². The lowest BCUT2D eigenvalue weighted by Gasteiger charge is -2.27. The van der Waals surface area contributed by atoms with Gasteiger partial charge in [0.1, 0.15) is 0 Å². The monoisotopic (exact) mass is 337 g/mol. The van der Waals surface area contributed by atoms with Gasteiger partial charge in [-0.25, -0.2) is 0 Å². The molecule has 0 saturated carbocycles. The Kier molecular flexibility index (Phi) is 8.82. The average molecular weight is 338 g/mol. The van der Waals surface area contributed by atoms with E-state index in [-0.39, 0.29) is 6.42 Å². The summed E-state index contributed by atoms with van der Waals surface area (Å²) >= 11 is 0. The number of fused-ring (bicyclic) bond motifs is 2. The molecular formula is C20H35NO3. The van der Waals surface area contributed by atoms with E-state index in [0.717, 1.165) is 32.4 Å². The number of carboxylic acids is 1. The fraction of sp³-hybridized carbons (Fsp3) is 0.850. The molecular weight excluding hydrogens is 302 g/mol. The van der Waals surface area contributed by atoms with E-state index in [1.54, 1.807) is 0 Å². The highest BCUT2D eigenvalue weighted by atomic mass is 16.5. The Hall–Kier alpha value is -0.870. The molecule has 2 aliphatic rings. The number of allylic oxidation sites excluding steroid dienone is 2. The molecule has 0 radical (unpaired) electrons. The largest absolute Gasteiger partial charge is 0.481 e. The molecule has 2 bridgehead atoms. The zero-order chi connectivity index (χ0) is 17.2. The van der Waals surface area contributed by atoms with E-state index in [4.69, 9.17) is 9.84 Å². The van der Waals surface area contributed by atoms with Gasteiger partial charge in [0.05, 0.1) is 12.2 Å². The highest BCUT2D eigenvalue weighted by molar-refractivity contribution is 5.66. The maximum atomic E-state index is 10.5. The number of unbranched alkanes of at least 4 members (excludes halogenated alkanes) is 3. The van der Waals surface area contributed by atoms with Crippen LogP contribution in [0.25, 0.3) is 0 Å². The van der Waals surface area contributed by atoms with Gasteiger partial charge in [-0.3, -0.25) is 4.79 Å². The number of carbonyl (C=O) groups is 1. The van der Waals surface area contributed by atoms with Crippen molar-refractivity contribution in [2.24, 2.45) is 11.8 Å². The summed E-state index contributed by atoms with van der Waals surface area (Å²) in [4.78, 5) is 10.5. The zero-order valence-electron chi connectivity index (χ0n) is 15.2. The molecule has 0 aliphatic carbocycles. The summed E-state index contributed by atoms with van der Waals surface area (Å²) in [7, 11) is 0. The SMILES string of the molecule is CCCCCNCCC1C2CCC(O2)C1C/C=C/CCCC(=O)O. The molecule has 0 spiro atoms. The number of hydrogen-bond donors (Lipinski definition) is 2. The van der Waals surface area contributed by atoms with Crippen LogP contribution in [0.5, 0.6) is 0 Å². The second-order valence-corrected chi connectivity index (χ2v) is 7.36. The lowest BCUT2D eigenvalue weighted by Crippen LogP contribution is -2.30. The van der Waals surface area contributed by atoms with Crippen LogP contribution in [0.15, 0.2) is 12.2 Å². The van der Waals surface area contributed by atoms with Gasteiger partial charge in [-0.15, -0.1) is 0 Å². The van der Waals surface area contributed by atoms with Gasteiger partial charge < -0.3 is 15.2 Å². The maximum Gasteiger partial charge on any atom is 0.303 e.